The first kappa shape index (κ1) is 24.0. The molecule has 1 aliphatic heterocycles. The number of hydrogen-bond donors (Lipinski definition) is 0. The minimum absolute atomic E-state index is 0.00262. The van der Waals surface area contributed by atoms with Gasteiger partial charge in [-0.1, -0.05) is 19.1 Å². The second kappa shape index (κ2) is 10.8. The van der Waals surface area contributed by atoms with Gasteiger partial charge in [-0.05, 0) is 66.6 Å². The number of imide groups is 1. The molecule has 172 valence electrons. The van der Waals surface area contributed by atoms with Crippen LogP contribution in [-0.4, -0.2) is 39.6 Å². The zero-order valence-corrected chi connectivity index (χ0v) is 18.9. The standard InChI is InChI=1S/C23H22N2O7S/c1-3-15(2)32-21(26)13-24-22(27)20(33-23(24)28)12-17-5-4-6-19(11-17)31-14-16-7-9-18(10-8-16)25(29)30/h4-12,15H,3,13-14H2,1-2H3/b20-12+/t15-/m1/s1. The van der Waals surface area contributed by atoms with Crippen LogP contribution in [0.25, 0.3) is 6.08 Å². The highest BCUT2D eigenvalue weighted by molar-refractivity contribution is 8.18. The molecule has 0 spiro atoms. The molecule has 1 saturated heterocycles. The number of amides is 2. The molecule has 2 aromatic carbocycles. The molecular weight excluding hydrogens is 448 g/mol. The van der Waals surface area contributed by atoms with E-state index in [1.165, 1.54) is 12.1 Å². The lowest BCUT2D eigenvalue weighted by Crippen LogP contribution is -2.35. The summed E-state index contributed by atoms with van der Waals surface area (Å²) in [6.07, 6.45) is 1.90. The monoisotopic (exact) mass is 470 g/mol. The summed E-state index contributed by atoms with van der Waals surface area (Å²) in [5, 5.41) is 10.2. The highest BCUT2D eigenvalue weighted by Crippen LogP contribution is 2.32. The van der Waals surface area contributed by atoms with Crippen molar-refractivity contribution in [2.75, 3.05) is 6.54 Å². The Labute approximate surface area is 194 Å². The van der Waals surface area contributed by atoms with Crippen LogP contribution in [0, 0.1) is 10.1 Å². The molecule has 2 aromatic rings. The first-order chi connectivity index (χ1) is 15.8. The van der Waals surface area contributed by atoms with Gasteiger partial charge in [-0.25, -0.2) is 0 Å². The van der Waals surface area contributed by atoms with Gasteiger partial charge >= 0.3 is 5.97 Å². The predicted molar refractivity (Wildman–Crippen MR) is 122 cm³/mol. The number of ether oxygens (including phenoxy) is 2. The summed E-state index contributed by atoms with van der Waals surface area (Å²) in [4.78, 5) is 48.1. The summed E-state index contributed by atoms with van der Waals surface area (Å²) >= 11 is 0.758. The van der Waals surface area contributed by atoms with E-state index in [0.717, 1.165) is 22.2 Å². The number of esters is 1. The lowest BCUT2D eigenvalue weighted by atomic mass is 10.2. The van der Waals surface area contributed by atoms with Crippen molar-refractivity contribution in [3.8, 4) is 5.75 Å². The Balaban J connectivity index is 1.64. The molecule has 0 unspecified atom stereocenters. The summed E-state index contributed by atoms with van der Waals surface area (Å²) in [6, 6.07) is 13.0. The predicted octanol–water partition coefficient (Wildman–Crippen LogP) is 4.55. The summed E-state index contributed by atoms with van der Waals surface area (Å²) in [6.45, 7) is 3.38. The molecule has 0 bridgehead atoms. The number of nitro benzene ring substituents is 1. The molecular formula is C23H22N2O7S. The molecule has 10 heteroatoms. The number of carbonyl (C=O) groups is 3. The maximum absolute atomic E-state index is 12.6. The van der Waals surface area contributed by atoms with Crippen LogP contribution in [0.1, 0.15) is 31.4 Å². The maximum atomic E-state index is 12.6. The van der Waals surface area contributed by atoms with Crippen molar-refractivity contribution in [1.82, 2.24) is 4.90 Å². The SMILES string of the molecule is CC[C@@H](C)OC(=O)CN1C(=O)S/C(=C/c2cccc(OCc3ccc([N+](=O)[O-])cc3)c2)C1=O. The van der Waals surface area contributed by atoms with Crippen molar-refractivity contribution in [1.29, 1.82) is 0 Å². The van der Waals surface area contributed by atoms with E-state index in [2.05, 4.69) is 0 Å². The van der Waals surface area contributed by atoms with Gasteiger partial charge in [-0.3, -0.25) is 29.4 Å². The molecule has 2 amide bonds. The second-order valence-electron chi connectivity index (χ2n) is 7.26. The van der Waals surface area contributed by atoms with E-state index in [1.54, 1.807) is 49.4 Å². The van der Waals surface area contributed by atoms with Crippen LogP contribution in [0.3, 0.4) is 0 Å². The lowest BCUT2D eigenvalue weighted by molar-refractivity contribution is -0.384. The summed E-state index contributed by atoms with van der Waals surface area (Å²) in [5.74, 6) is -0.656. The fourth-order valence-corrected chi connectivity index (χ4v) is 3.67. The minimum atomic E-state index is -0.630. The van der Waals surface area contributed by atoms with Crippen LogP contribution < -0.4 is 4.74 Å². The molecule has 1 aliphatic rings. The molecule has 0 radical (unpaired) electrons. The summed E-state index contributed by atoms with van der Waals surface area (Å²) in [5.41, 5.74) is 1.41. The largest absolute Gasteiger partial charge is 0.489 e. The number of nitrogens with zero attached hydrogens (tertiary/aromatic N) is 2. The van der Waals surface area contributed by atoms with Gasteiger partial charge in [0.2, 0.25) is 0 Å². The van der Waals surface area contributed by atoms with E-state index in [9.17, 15) is 24.5 Å². The van der Waals surface area contributed by atoms with Crippen LogP contribution in [0.5, 0.6) is 5.75 Å². The smallest absolute Gasteiger partial charge is 0.326 e. The molecule has 0 aromatic heterocycles. The fourth-order valence-electron chi connectivity index (χ4n) is 2.84. The van der Waals surface area contributed by atoms with E-state index in [-0.39, 0.29) is 23.3 Å². The zero-order valence-electron chi connectivity index (χ0n) is 18.1. The van der Waals surface area contributed by atoms with Gasteiger partial charge in [0, 0.05) is 12.1 Å². The van der Waals surface area contributed by atoms with Crippen LogP contribution in [0.2, 0.25) is 0 Å². The van der Waals surface area contributed by atoms with Crippen LogP contribution in [0.15, 0.2) is 53.4 Å². The molecule has 3 rings (SSSR count). The molecule has 0 aliphatic carbocycles. The molecule has 33 heavy (non-hydrogen) atoms. The molecule has 9 nitrogen and oxygen atoms in total. The van der Waals surface area contributed by atoms with E-state index in [0.29, 0.717) is 17.7 Å². The third-order valence-corrected chi connectivity index (χ3v) is 5.68. The van der Waals surface area contributed by atoms with Crippen molar-refractivity contribution < 1.29 is 28.8 Å². The first-order valence-electron chi connectivity index (χ1n) is 10.2. The fraction of sp³-hybridized carbons (Fsp3) is 0.261. The quantitative estimate of drug-likeness (QED) is 0.227. The lowest BCUT2D eigenvalue weighted by Gasteiger charge is -2.14. The highest BCUT2D eigenvalue weighted by atomic mass is 32.2. The third kappa shape index (κ3) is 6.42. The summed E-state index contributed by atoms with van der Waals surface area (Å²) in [7, 11) is 0. The van der Waals surface area contributed by atoms with Gasteiger partial charge in [-0.2, -0.15) is 0 Å². The van der Waals surface area contributed by atoms with E-state index < -0.39 is 28.6 Å². The van der Waals surface area contributed by atoms with Crippen molar-refractivity contribution in [2.45, 2.75) is 33.0 Å². The number of thioether (sulfide) groups is 1. The number of carbonyl (C=O) groups excluding carboxylic acids is 3. The number of benzene rings is 2. The molecule has 1 heterocycles. The molecule has 0 N–H and O–H groups in total. The summed E-state index contributed by atoms with van der Waals surface area (Å²) < 4.78 is 10.9. The highest BCUT2D eigenvalue weighted by Gasteiger charge is 2.36. The van der Waals surface area contributed by atoms with Gasteiger partial charge in [-0.15, -0.1) is 0 Å². The van der Waals surface area contributed by atoms with Gasteiger partial charge in [0.25, 0.3) is 16.8 Å². The number of rotatable bonds is 9. The van der Waals surface area contributed by atoms with Gasteiger partial charge in [0.1, 0.15) is 18.9 Å². The second-order valence-corrected chi connectivity index (χ2v) is 8.25. The number of nitro groups is 1. The van der Waals surface area contributed by atoms with Gasteiger partial charge < -0.3 is 9.47 Å². The molecule has 1 atom stereocenters. The minimum Gasteiger partial charge on any atom is -0.489 e. The average Bonchev–Trinajstić information content (AvgIpc) is 3.05. The van der Waals surface area contributed by atoms with Crippen LogP contribution in [-0.2, 0) is 20.9 Å². The Morgan fingerprint density at radius 2 is 1.94 bits per heavy atom. The van der Waals surface area contributed by atoms with E-state index in [1.807, 2.05) is 6.92 Å². The molecule has 1 fully saturated rings. The van der Waals surface area contributed by atoms with Crippen LogP contribution in [0.4, 0.5) is 10.5 Å². The maximum Gasteiger partial charge on any atom is 0.326 e. The topological polar surface area (TPSA) is 116 Å². The normalized spacial score (nSPS) is 15.6. The third-order valence-electron chi connectivity index (χ3n) is 4.78. The van der Waals surface area contributed by atoms with Gasteiger partial charge in [0.05, 0.1) is 15.9 Å². The average molecular weight is 471 g/mol. The van der Waals surface area contributed by atoms with E-state index >= 15 is 0 Å². The number of hydrogen-bond acceptors (Lipinski definition) is 8. The Bertz CT molecular complexity index is 1100. The zero-order chi connectivity index (χ0) is 24.0. The van der Waals surface area contributed by atoms with Crippen molar-refractivity contribution in [3.05, 3.63) is 74.7 Å². The Morgan fingerprint density at radius 3 is 2.61 bits per heavy atom. The van der Waals surface area contributed by atoms with Crippen molar-refractivity contribution in [2.24, 2.45) is 0 Å². The van der Waals surface area contributed by atoms with Crippen molar-refractivity contribution >= 4 is 40.6 Å². The Hall–Kier alpha value is -3.66. The van der Waals surface area contributed by atoms with E-state index in [4.69, 9.17) is 9.47 Å². The molecule has 0 saturated carbocycles. The first-order valence-corrected chi connectivity index (χ1v) is 11.0. The van der Waals surface area contributed by atoms with Gasteiger partial charge in [0.15, 0.2) is 0 Å². The number of non-ortho nitro benzene ring substituents is 1. The Morgan fingerprint density at radius 1 is 1.21 bits per heavy atom. The van der Waals surface area contributed by atoms with Crippen molar-refractivity contribution in [3.63, 3.8) is 0 Å². The Kier molecular flexibility index (Phi) is 7.83. The van der Waals surface area contributed by atoms with Crippen LogP contribution >= 0.6 is 11.8 Å².